The lowest BCUT2D eigenvalue weighted by Crippen LogP contribution is -2.47. The van der Waals surface area contributed by atoms with Crippen molar-refractivity contribution < 1.29 is 9.53 Å². The minimum Gasteiger partial charge on any atom is -0.389 e. The summed E-state index contributed by atoms with van der Waals surface area (Å²) in [6, 6.07) is 7.14. The van der Waals surface area contributed by atoms with Crippen LogP contribution in [-0.2, 0) is 9.53 Å². The third kappa shape index (κ3) is 3.46. The van der Waals surface area contributed by atoms with E-state index in [0.29, 0.717) is 31.3 Å². The molecule has 1 aromatic carbocycles. The Morgan fingerprint density at radius 2 is 2.05 bits per heavy atom. The van der Waals surface area contributed by atoms with Crippen LogP contribution in [0.1, 0.15) is 12.5 Å². The SMILES string of the molecule is CC(Nc1ccccc1C(N)=S)C(=O)N1CCOCC1. The van der Waals surface area contributed by atoms with Gasteiger partial charge in [0.1, 0.15) is 11.0 Å². The first-order valence-corrected chi connectivity index (χ1v) is 7.02. The van der Waals surface area contributed by atoms with E-state index in [2.05, 4.69) is 5.32 Å². The topological polar surface area (TPSA) is 67.6 Å². The number of anilines is 1. The molecule has 1 aliphatic heterocycles. The van der Waals surface area contributed by atoms with E-state index in [0.717, 1.165) is 11.3 Å². The summed E-state index contributed by atoms with van der Waals surface area (Å²) in [5.74, 6) is 0.0612. The molecule has 1 amide bonds. The number of carbonyl (C=O) groups excluding carboxylic acids is 1. The maximum absolute atomic E-state index is 12.3. The van der Waals surface area contributed by atoms with Gasteiger partial charge in [-0.2, -0.15) is 0 Å². The third-order valence-corrected chi connectivity index (χ3v) is 3.48. The molecule has 0 saturated carbocycles. The van der Waals surface area contributed by atoms with Gasteiger partial charge in [0.25, 0.3) is 0 Å². The first-order chi connectivity index (χ1) is 9.59. The molecule has 1 atom stereocenters. The zero-order valence-corrected chi connectivity index (χ0v) is 12.3. The predicted octanol–water partition coefficient (Wildman–Crippen LogP) is 0.980. The maximum atomic E-state index is 12.3. The van der Waals surface area contributed by atoms with Crippen molar-refractivity contribution in [3.05, 3.63) is 29.8 Å². The summed E-state index contributed by atoms with van der Waals surface area (Å²) in [6.45, 7) is 4.32. The highest BCUT2D eigenvalue weighted by Crippen LogP contribution is 2.16. The van der Waals surface area contributed by atoms with Crippen molar-refractivity contribution in [3.63, 3.8) is 0 Å². The average molecular weight is 293 g/mol. The lowest BCUT2D eigenvalue weighted by Gasteiger charge is -2.30. The van der Waals surface area contributed by atoms with Gasteiger partial charge in [-0.3, -0.25) is 4.79 Å². The van der Waals surface area contributed by atoms with E-state index in [9.17, 15) is 4.79 Å². The molecule has 20 heavy (non-hydrogen) atoms. The fourth-order valence-electron chi connectivity index (χ4n) is 2.18. The predicted molar refractivity (Wildman–Crippen MR) is 82.8 cm³/mol. The second-order valence-corrected chi connectivity index (χ2v) is 5.15. The van der Waals surface area contributed by atoms with Crippen LogP contribution in [-0.4, -0.2) is 48.1 Å². The number of nitrogens with two attached hydrogens (primary N) is 1. The van der Waals surface area contributed by atoms with Crippen LogP contribution < -0.4 is 11.1 Å². The summed E-state index contributed by atoms with van der Waals surface area (Å²) in [4.78, 5) is 14.5. The standard InChI is InChI=1S/C14H19N3O2S/c1-10(14(18)17-6-8-19-9-7-17)16-12-5-3-2-4-11(12)13(15)20/h2-5,10,16H,6-9H2,1H3,(H2,15,20). The van der Waals surface area contributed by atoms with Gasteiger partial charge in [0.2, 0.25) is 5.91 Å². The molecular weight excluding hydrogens is 274 g/mol. The molecule has 5 nitrogen and oxygen atoms in total. The summed E-state index contributed by atoms with van der Waals surface area (Å²) in [7, 11) is 0. The average Bonchev–Trinajstić information content (AvgIpc) is 2.47. The number of hydrogen-bond donors (Lipinski definition) is 2. The Bertz CT molecular complexity index is 501. The molecule has 0 spiro atoms. The van der Waals surface area contributed by atoms with E-state index in [4.69, 9.17) is 22.7 Å². The molecule has 0 bridgehead atoms. The van der Waals surface area contributed by atoms with E-state index >= 15 is 0 Å². The van der Waals surface area contributed by atoms with Gasteiger partial charge in [0, 0.05) is 24.3 Å². The Labute approximate surface area is 124 Å². The Hall–Kier alpha value is -1.66. The highest BCUT2D eigenvalue weighted by Gasteiger charge is 2.22. The van der Waals surface area contributed by atoms with E-state index < -0.39 is 0 Å². The molecule has 1 heterocycles. The van der Waals surface area contributed by atoms with Crippen molar-refractivity contribution in [1.82, 2.24) is 4.90 Å². The number of rotatable bonds is 4. The van der Waals surface area contributed by atoms with Gasteiger partial charge in [0.05, 0.1) is 13.2 Å². The van der Waals surface area contributed by atoms with Gasteiger partial charge in [-0.15, -0.1) is 0 Å². The summed E-state index contributed by atoms with van der Waals surface area (Å²) in [5.41, 5.74) is 7.23. The first-order valence-electron chi connectivity index (χ1n) is 6.61. The minimum atomic E-state index is -0.330. The first kappa shape index (κ1) is 14.7. The van der Waals surface area contributed by atoms with E-state index in [-0.39, 0.29) is 11.9 Å². The number of nitrogens with one attached hydrogen (secondary N) is 1. The zero-order valence-electron chi connectivity index (χ0n) is 11.5. The van der Waals surface area contributed by atoms with Gasteiger partial charge in [-0.1, -0.05) is 24.4 Å². The lowest BCUT2D eigenvalue weighted by atomic mass is 10.1. The quantitative estimate of drug-likeness (QED) is 0.810. The second-order valence-electron chi connectivity index (χ2n) is 4.71. The van der Waals surface area contributed by atoms with Crippen molar-refractivity contribution >= 4 is 28.8 Å². The number of thiocarbonyl (C=S) groups is 1. The highest BCUT2D eigenvalue weighted by atomic mass is 32.1. The summed E-state index contributed by atoms with van der Waals surface area (Å²) in [5, 5.41) is 3.19. The molecule has 108 valence electrons. The third-order valence-electron chi connectivity index (χ3n) is 3.26. The number of morpholine rings is 1. The molecule has 0 aromatic heterocycles. The normalized spacial score (nSPS) is 16.6. The Balaban J connectivity index is 2.05. The van der Waals surface area contributed by atoms with Gasteiger partial charge in [0.15, 0.2) is 0 Å². The molecule has 6 heteroatoms. The van der Waals surface area contributed by atoms with Crippen molar-refractivity contribution in [2.24, 2.45) is 5.73 Å². The zero-order chi connectivity index (χ0) is 14.5. The molecular formula is C14H19N3O2S. The van der Waals surface area contributed by atoms with Crippen molar-refractivity contribution in [2.75, 3.05) is 31.6 Å². The number of benzene rings is 1. The summed E-state index contributed by atoms with van der Waals surface area (Å²) >= 11 is 5.02. The Morgan fingerprint density at radius 3 is 2.70 bits per heavy atom. The summed E-state index contributed by atoms with van der Waals surface area (Å²) < 4.78 is 5.25. The number of amides is 1. The maximum Gasteiger partial charge on any atom is 0.244 e. The van der Waals surface area contributed by atoms with E-state index in [1.165, 1.54) is 0 Å². The molecule has 3 N–H and O–H groups in total. The van der Waals surface area contributed by atoms with Crippen molar-refractivity contribution in [3.8, 4) is 0 Å². The van der Waals surface area contributed by atoms with Crippen LogP contribution in [0, 0.1) is 0 Å². The number of carbonyl (C=O) groups is 1. The molecule has 0 radical (unpaired) electrons. The molecule has 1 aromatic rings. The molecule has 2 rings (SSSR count). The van der Waals surface area contributed by atoms with Crippen LogP contribution in [0.15, 0.2) is 24.3 Å². The molecule has 1 aliphatic rings. The fraction of sp³-hybridized carbons (Fsp3) is 0.429. The van der Waals surface area contributed by atoms with Crippen LogP contribution in [0.5, 0.6) is 0 Å². The van der Waals surface area contributed by atoms with Gasteiger partial charge >= 0.3 is 0 Å². The van der Waals surface area contributed by atoms with Crippen molar-refractivity contribution in [1.29, 1.82) is 0 Å². The van der Waals surface area contributed by atoms with Gasteiger partial charge in [-0.25, -0.2) is 0 Å². The number of nitrogens with zero attached hydrogens (tertiary/aromatic N) is 1. The van der Waals surface area contributed by atoms with E-state index in [1.54, 1.807) is 0 Å². The number of ether oxygens (including phenoxy) is 1. The number of para-hydroxylation sites is 1. The largest absolute Gasteiger partial charge is 0.389 e. The van der Waals surface area contributed by atoms with Crippen LogP contribution in [0.3, 0.4) is 0 Å². The van der Waals surface area contributed by atoms with Gasteiger partial charge in [-0.05, 0) is 19.1 Å². The summed E-state index contributed by atoms with van der Waals surface area (Å²) in [6.07, 6.45) is 0. The smallest absolute Gasteiger partial charge is 0.244 e. The Morgan fingerprint density at radius 1 is 1.40 bits per heavy atom. The van der Waals surface area contributed by atoms with Crippen LogP contribution in [0.2, 0.25) is 0 Å². The van der Waals surface area contributed by atoms with Crippen molar-refractivity contribution in [2.45, 2.75) is 13.0 Å². The second kappa shape index (κ2) is 6.67. The number of hydrogen-bond acceptors (Lipinski definition) is 4. The molecule has 1 fully saturated rings. The Kier molecular flexibility index (Phi) is 4.92. The van der Waals surface area contributed by atoms with Crippen LogP contribution >= 0.6 is 12.2 Å². The highest BCUT2D eigenvalue weighted by molar-refractivity contribution is 7.80. The molecule has 0 aliphatic carbocycles. The lowest BCUT2D eigenvalue weighted by molar-refractivity contribution is -0.135. The van der Waals surface area contributed by atoms with Gasteiger partial charge < -0.3 is 20.7 Å². The van der Waals surface area contributed by atoms with E-state index in [1.807, 2.05) is 36.1 Å². The fourth-order valence-corrected chi connectivity index (χ4v) is 2.35. The minimum absolute atomic E-state index is 0.0612. The molecule has 1 saturated heterocycles. The monoisotopic (exact) mass is 293 g/mol. The van der Waals surface area contributed by atoms with Crippen LogP contribution in [0.25, 0.3) is 0 Å². The molecule has 1 unspecified atom stereocenters. The van der Waals surface area contributed by atoms with Crippen LogP contribution in [0.4, 0.5) is 5.69 Å².